The number of hydrogen-bond donors (Lipinski definition) is 6. The molecule has 1 aliphatic heterocycles. The number of anilines is 1. The smallest absolute Gasteiger partial charge is 0.276 e. The van der Waals surface area contributed by atoms with E-state index in [1.807, 2.05) is 0 Å². The summed E-state index contributed by atoms with van der Waals surface area (Å²) in [5.41, 5.74) is 5.92. The van der Waals surface area contributed by atoms with Crippen LogP contribution in [0.5, 0.6) is 0 Å². The van der Waals surface area contributed by atoms with Gasteiger partial charge in [-0.05, 0) is 0 Å². The summed E-state index contributed by atoms with van der Waals surface area (Å²) in [4.78, 5) is 20.8. The number of ether oxygens (including phenoxy) is 1. The van der Waals surface area contributed by atoms with E-state index in [-0.39, 0.29) is 17.0 Å². The molecule has 0 aromatic carbocycles. The number of hydrogen-bond acceptors (Lipinski definition) is 7. The number of aromatic nitrogens is 3. The highest BCUT2D eigenvalue weighted by Gasteiger charge is 2.44. The molecule has 0 amide bonds. The zero-order chi connectivity index (χ0) is 14.4. The Labute approximate surface area is 112 Å². The van der Waals surface area contributed by atoms with Crippen molar-refractivity contribution in [2.45, 2.75) is 24.4 Å². The van der Waals surface area contributed by atoms with Gasteiger partial charge < -0.3 is 30.8 Å². The fourth-order valence-corrected chi connectivity index (χ4v) is 2.43. The van der Waals surface area contributed by atoms with E-state index in [0.717, 1.165) is 0 Å². The van der Waals surface area contributed by atoms with Gasteiger partial charge in [-0.3, -0.25) is 9.78 Å². The first kappa shape index (κ1) is 13.1. The van der Waals surface area contributed by atoms with E-state index in [2.05, 4.69) is 15.0 Å². The van der Waals surface area contributed by atoms with Crippen LogP contribution in [0.4, 0.5) is 5.95 Å². The summed E-state index contributed by atoms with van der Waals surface area (Å²) in [6, 6.07) is 0. The molecular formula is C11H14N4O5. The molecule has 0 spiro atoms. The van der Waals surface area contributed by atoms with Crippen LogP contribution in [0.3, 0.4) is 0 Å². The number of rotatable bonds is 2. The average Bonchev–Trinajstić information content (AvgIpc) is 2.93. The molecule has 0 bridgehead atoms. The van der Waals surface area contributed by atoms with Gasteiger partial charge in [-0.2, -0.15) is 0 Å². The summed E-state index contributed by atoms with van der Waals surface area (Å²) < 4.78 is 5.40. The summed E-state index contributed by atoms with van der Waals surface area (Å²) in [6.07, 6.45) is -2.76. The van der Waals surface area contributed by atoms with Gasteiger partial charge >= 0.3 is 0 Å². The topological polar surface area (TPSA) is 157 Å². The third-order valence-corrected chi connectivity index (χ3v) is 3.43. The van der Waals surface area contributed by atoms with Gasteiger partial charge in [0.05, 0.1) is 6.61 Å². The van der Waals surface area contributed by atoms with Crippen molar-refractivity contribution < 1.29 is 20.1 Å². The molecule has 0 radical (unpaired) electrons. The van der Waals surface area contributed by atoms with Crippen LogP contribution in [-0.2, 0) is 4.74 Å². The van der Waals surface area contributed by atoms with Crippen LogP contribution < -0.4 is 11.3 Å². The van der Waals surface area contributed by atoms with Crippen molar-refractivity contribution in [3.63, 3.8) is 0 Å². The van der Waals surface area contributed by atoms with Gasteiger partial charge in [0.15, 0.2) is 0 Å². The number of aliphatic hydroxyl groups is 3. The van der Waals surface area contributed by atoms with Gasteiger partial charge in [0.25, 0.3) is 5.56 Å². The van der Waals surface area contributed by atoms with Crippen LogP contribution in [-0.4, -0.2) is 55.2 Å². The second kappa shape index (κ2) is 4.56. The molecule has 9 heteroatoms. The molecule has 3 rings (SSSR count). The van der Waals surface area contributed by atoms with E-state index in [9.17, 15) is 15.0 Å². The molecule has 3 heterocycles. The SMILES string of the molecule is Nc1nc2c([C@@H]3O[C@H](CO)C(O)[C@@H]3O)c[nH]c2c(=O)[nH]1. The third-order valence-electron chi connectivity index (χ3n) is 3.43. The van der Waals surface area contributed by atoms with E-state index in [4.69, 9.17) is 15.6 Å². The zero-order valence-corrected chi connectivity index (χ0v) is 10.3. The first-order valence-electron chi connectivity index (χ1n) is 6.02. The van der Waals surface area contributed by atoms with E-state index in [1.165, 1.54) is 6.20 Å². The maximum atomic E-state index is 11.7. The van der Waals surface area contributed by atoms with Gasteiger partial charge in [0, 0.05) is 11.8 Å². The number of aliphatic hydroxyl groups excluding tert-OH is 3. The fraction of sp³-hybridized carbons (Fsp3) is 0.455. The fourth-order valence-electron chi connectivity index (χ4n) is 2.43. The predicted octanol–water partition coefficient (Wildman–Crippen LogP) is -2.01. The molecule has 2 aromatic rings. The normalized spacial score (nSPS) is 30.1. The lowest BCUT2D eigenvalue weighted by Gasteiger charge is -2.13. The lowest BCUT2D eigenvalue weighted by Crippen LogP contribution is -2.32. The van der Waals surface area contributed by atoms with Crippen LogP contribution >= 0.6 is 0 Å². The average molecular weight is 282 g/mol. The standard InChI is InChI=1S/C11H14N4O5/c12-11-14-5-3(1-13-6(5)10(19)15-11)9-8(18)7(17)4(2-16)20-9/h1,4,7-9,13,16-18H,2H2,(H3,12,14,15,19)/t4-,7?,8+,9+/m1/s1. The Morgan fingerprint density at radius 3 is 2.80 bits per heavy atom. The molecule has 2 aromatic heterocycles. The molecule has 108 valence electrons. The lowest BCUT2D eigenvalue weighted by atomic mass is 10.0. The molecule has 1 unspecified atom stereocenters. The van der Waals surface area contributed by atoms with Crippen molar-refractivity contribution >= 4 is 17.0 Å². The van der Waals surface area contributed by atoms with Crippen molar-refractivity contribution in [2.75, 3.05) is 12.3 Å². The highest BCUT2D eigenvalue weighted by atomic mass is 16.6. The number of nitrogen functional groups attached to an aromatic ring is 1. The predicted molar refractivity (Wildman–Crippen MR) is 67.8 cm³/mol. The van der Waals surface area contributed by atoms with Gasteiger partial charge in [-0.15, -0.1) is 0 Å². The Morgan fingerprint density at radius 2 is 2.15 bits per heavy atom. The van der Waals surface area contributed by atoms with Gasteiger partial charge in [-0.1, -0.05) is 0 Å². The highest BCUT2D eigenvalue weighted by Crippen LogP contribution is 2.35. The van der Waals surface area contributed by atoms with Crippen molar-refractivity contribution in [1.82, 2.24) is 15.0 Å². The van der Waals surface area contributed by atoms with Crippen LogP contribution in [0.2, 0.25) is 0 Å². The van der Waals surface area contributed by atoms with Crippen LogP contribution in [0.1, 0.15) is 11.7 Å². The number of nitrogens with zero attached hydrogens (tertiary/aromatic N) is 1. The van der Waals surface area contributed by atoms with Crippen LogP contribution in [0.15, 0.2) is 11.0 Å². The second-order valence-corrected chi connectivity index (χ2v) is 4.68. The summed E-state index contributed by atoms with van der Waals surface area (Å²) >= 11 is 0. The summed E-state index contributed by atoms with van der Waals surface area (Å²) in [5, 5.41) is 28.8. The monoisotopic (exact) mass is 282 g/mol. The zero-order valence-electron chi connectivity index (χ0n) is 10.3. The van der Waals surface area contributed by atoms with Gasteiger partial charge in [-0.25, -0.2) is 4.98 Å². The van der Waals surface area contributed by atoms with Crippen molar-refractivity contribution in [3.05, 3.63) is 22.1 Å². The molecule has 0 aliphatic carbocycles. The number of nitrogens with one attached hydrogen (secondary N) is 2. The minimum atomic E-state index is -1.23. The van der Waals surface area contributed by atoms with Gasteiger partial charge in [0.2, 0.25) is 5.95 Å². The number of aromatic amines is 2. The minimum Gasteiger partial charge on any atom is -0.394 e. The molecule has 1 aliphatic rings. The van der Waals surface area contributed by atoms with E-state index >= 15 is 0 Å². The lowest BCUT2D eigenvalue weighted by molar-refractivity contribution is -0.0224. The Kier molecular flexibility index (Phi) is 2.98. The molecule has 7 N–H and O–H groups in total. The molecule has 1 fully saturated rings. The Balaban J connectivity index is 2.09. The molecule has 9 nitrogen and oxygen atoms in total. The van der Waals surface area contributed by atoms with Crippen LogP contribution in [0, 0.1) is 0 Å². The Bertz CT molecular complexity index is 696. The largest absolute Gasteiger partial charge is 0.394 e. The van der Waals surface area contributed by atoms with Crippen molar-refractivity contribution in [2.24, 2.45) is 0 Å². The summed E-state index contributed by atoms with van der Waals surface area (Å²) in [6.45, 7) is -0.423. The summed E-state index contributed by atoms with van der Waals surface area (Å²) in [5.74, 6) is -0.0601. The van der Waals surface area contributed by atoms with Gasteiger partial charge in [0.1, 0.15) is 35.4 Å². The number of H-pyrrole nitrogens is 2. The Hall–Kier alpha value is -1.94. The molecular weight excluding hydrogens is 268 g/mol. The maximum Gasteiger partial charge on any atom is 0.276 e. The van der Waals surface area contributed by atoms with Crippen LogP contribution in [0.25, 0.3) is 11.0 Å². The molecule has 0 saturated carbocycles. The summed E-state index contributed by atoms with van der Waals surface area (Å²) in [7, 11) is 0. The van der Waals surface area contributed by atoms with E-state index < -0.39 is 36.6 Å². The van der Waals surface area contributed by atoms with E-state index in [0.29, 0.717) is 5.56 Å². The third kappa shape index (κ3) is 1.79. The van der Waals surface area contributed by atoms with Crippen molar-refractivity contribution in [3.8, 4) is 0 Å². The number of nitrogens with two attached hydrogens (primary N) is 1. The highest BCUT2D eigenvalue weighted by molar-refractivity contribution is 5.79. The maximum absolute atomic E-state index is 11.7. The second-order valence-electron chi connectivity index (χ2n) is 4.68. The van der Waals surface area contributed by atoms with Crippen molar-refractivity contribution in [1.29, 1.82) is 0 Å². The molecule has 20 heavy (non-hydrogen) atoms. The molecule has 4 atom stereocenters. The van der Waals surface area contributed by atoms with E-state index in [1.54, 1.807) is 0 Å². The number of fused-ring (bicyclic) bond motifs is 1. The molecule has 1 saturated heterocycles. The Morgan fingerprint density at radius 1 is 1.40 bits per heavy atom. The quantitative estimate of drug-likeness (QED) is 0.371. The minimum absolute atomic E-state index is 0.0601. The first-order chi connectivity index (χ1) is 9.52. The first-order valence-corrected chi connectivity index (χ1v) is 6.02.